The molecule has 0 aliphatic heterocycles. The van der Waals surface area contributed by atoms with Gasteiger partial charge in [0.15, 0.2) is 11.6 Å². The van der Waals surface area contributed by atoms with E-state index in [0.717, 1.165) is 22.8 Å². The second-order valence-corrected chi connectivity index (χ2v) is 6.87. The largest absolute Gasteiger partial charge is 0.380 e. The lowest BCUT2D eigenvalue weighted by molar-refractivity contribution is 0.184. The summed E-state index contributed by atoms with van der Waals surface area (Å²) in [6.45, 7) is 0.363. The van der Waals surface area contributed by atoms with E-state index in [1.807, 2.05) is 30.3 Å². The van der Waals surface area contributed by atoms with Crippen molar-refractivity contribution in [3.8, 4) is 23.0 Å². The van der Waals surface area contributed by atoms with E-state index in [0.29, 0.717) is 23.1 Å². The Morgan fingerprint density at radius 1 is 0.733 bits per heavy atom. The van der Waals surface area contributed by atoms with Gasteiger partial charge >= 0.3 is 0 Å². The van der Waals surface area contributed by atoms with Gasteiger partial charge in [0.2, 0.25) is 0 Å². The summed E-state index contributed by atoms with van der Waals surface area (Å²) in [7, 11) is 1.57. The van der Waals surface area contributed by atoms with E-state index in [2.05, 4.69) is 11.8 Å². The summed E-state index contributed by atoms with van der Waals surface area (Å²) in [5.41, 5.74) is 3.50. The van der Waals surface area contributed by atoms with Crippen molar-refractivity contribution in [3.05, 3.63) is 107 Å². The predicted octanol–water partition coefficient (Wildman–Crippen LogP) is 6.47. The molecule has 0 bridgehead atoms. The highest BCUT2D eigenvalue weighted by atomic mass is 19.2. The Hall–Kier alpha value is -3.55. The van der Waals surface area contributed by atoms with E-state index in [-0.39, 0.29) is 11.2 Å². The van der Waals surface area contributed by atoms with Crippen LogP contribution in [0.5, 0.6) is 0 Å². The zero-order valence-corrected chi connectivity index (χ0v) is 16.2. The first-order valence-electron chi connectivity index (χ1n) is 9.33. The maximum atomic E-state index is 14.4. The number of benzene rings is 4. The topological polar surface area (TPSA) is 9.23 Å². The van der Waals surface area contributed by atoms with Crippen LogP contribution in [0.2, 0.25) is 0 Å². The van der Waals surface area contributed by atoms with E-state index < -0.39 is 11.6 Å². The van der Waals surface area contributed by atoms with Gasteiger partial charge in [-0.1, -0.05) is 48.2 Å². The first-order chi connectivity index (χ1) is 14.5. The van der Waals surface area contributed by atoms with Crippen LogP contribution in [0.3, 0.4) is 0 Å². The molecule has 4 aromatic rings. The molecule has 0 heterocycles. The molecule has 0 aliphatic carbocycles. The van der Waals surface area contributed by atoms with Gasteiger partial charge in [0.1, 0.15) is 5.82 Å². The van der Waals surface area contributed by atoms with E-state index in [9.17, 15) is 13.2 Å². The van der Waals surface area contributed by atoms with Crippen molar-refractivity contribution >= 4 is 10.8 Å². The van der Waals surface area contributed by atoms with Gasteiger partial charge in [-0.05, 0) is 52.9 Å². The molecule has 0 spiro atoms. The number of fused-ring (bicyclic) bond motifs is 1. The van der Waals surface area contributed by atoms with Crippen LogP contribution in [0, 0.1) is 29.3 Å². The normalized spacial score (nSPS) is 10.7. The minimum Gasteiger partial charge on any atom is -0.380 e. The van der Waals surface area contributed by atoms with E-state index in [1.54, 1.807) is 25.3 Å². The number of methoxy groups -OCH3 is 1. The van der Waals surface area contributed by atoms with Crippen LogP contribution < -0.4 is 0 Å². The van der Waals surface area contributed by atoms with Crippen molar-refractivity contribution in [2.45, 2.75) is 6.61 Å². The molecule has 4 rings (SSSR count). The van der Waals surface area contributed by atoms with Crippen molar-refractivity contribution < 1.29 is 17.9 Å². The highest BCUT2D eigenvalue weighted by Gasteiger charge is 2.07. The Morgan fingerprint density at radius 3 is 2.20 bits per heavy atom. The fourth-order valence-electron chi connectivity index (χ4n) is 3.27. The summed E-state index contributed by atoms with van der Waals surface area (Å²) in [5, 5.41) is 0.812. The number of hydrogen-bond donors (Lipinski definition) is 0. The van der Waals surface area contributed by atoms with Crippen molar-refractivity contribution in [2.75, 3.05) is 7.11 Å². The molecule has 0 amide bonds. The highest BCUT2D eigenvalue weighted by Crippen LogP contribution is 2.25. The van der Waals surface area contributed by atoms with Gasteiger partial charge in [0.25, 0.3) is 0 Å². The zero-order valence-electron chi connectivity index (χ0n) is 16.2. The van der Waals surface area contributed by atoms with E-state index in [4.69, 9.17) is 4.74 Å². The average molecular weight is 402 g/mol. The van der Waals surface area contributed by atoms with Crippen LogP contribution in [0.4, 0.5) is 13.2 Å². The summed E-state index contributed by atoms with van der Waals surface area (Å²) >= 11 is 0. The van der Waals surface area contributed by atoms with Gasteiger partial charge in [-0.15, -0.1) is 0 Å². The molecule has 4 aromatic carbocycles. The Labute approximate surface area is 172 Å². The van der Waals surface area contributed by atoms with Gasteiger partial charge in [0.05, 0.1) is 6.61 Å². The molecule has 30 heavy (non-hydrogen) atoms. The number of rotatable bonds is 3. The predicted molar refractivity (Wildman–Crippen MR) is 112 cm³/mol. The summed E-state index contributed by atoms with van der Waals surface area (Å²) < 4.78 is 46.5. The Balaban J connectivity index is 1.57. The Kier molecular flexibility index (Phi) is 5.56. The van der Waals surface area contributed by atoms with Crippen LogP contribution >= 0.6 is 0 Å². The SMILES string of the molecule is COCc1ccc(-c2ccc(C#Cc3ccc4c(F)c(F)ccc4c3)cc2)c(F)c1. The first kappa shape index (κ1) is 19.8. The molecule has 0 atom stereocenters. The smallest absolute Gasteiger partial charge is 0.166 e. The highest BCUT2D eigenvalue weighted by molar-refractivity contribution is 5.84. The number of halogens is 3. The minimum absolute atomic E-state index is 0.225. The zero-order chi connectivity index (χ0) is 21.1. The third-order valence-corrected chi connectivity index (χ3v) is 4.80. The van der Waals surface area contributed by atoms with Crippen molar-refractivity contribution in [3.63, 3.8) is 0 Å². The van der Waals surface area contributed by atoms with E-state index >= 15 is 0 Å². The molecule has 0 aromatic heterocycles. The molecule has 0 saturated heterocycles. The second kappa shape index (κ2) is 8.44. The molecule has 148 valence electrons. The quantitative estimate of drug-likeness (QED) is 0.357. The fourth-order valence-corrected chi connectivity index (χ4v) is 3.27. The summed E-state index contributed by atoms with van der Waals surface area (Å²) in [6.07, 6.45) is 0. The molecule has 0 unspecified atom stereocenters. The van der Waals surface area contributed by atoms with Crippen molar-refractivity contribution in [2.24, 2.45) is 0 Å². The Bertz CT molecular complexity index is 1280. The molecular formula is C26H17F3O. The molecular weight excluding hydrogens is 385 g/mol. The lowest BCUT2D eigenvalue weighted by Crippen LogP contribution is -1.91. The van der Waals surface area contributed by atoms with Crippen LogP contribution in [-0.4, -0.2) is 7.11 Å². The minimum atomic E-state index is -0.869. The molecule has 0 fully saturated rings. The number of hydrogen-bond acceptors (Lipinski definition) is 1. The van der Waals surface area contributed by atoms with Crippen LogP contribution in [0.15, 0.2) is 72.8 Å². The monoisotopic (exact) mass is 402 g/mol. The second-order valence-electron chi connectivity index (χ2n) is 6.87. The summed E-state index contributed by atoms with van der Waals surface area (Å²) in [6, 6.07) is 19.9. The lowest BCUT2D eigenvalue weighted by Gasteiger charge is -2.06. The molecule has 0 aliphatic rings. The van der Waals surface area contributed by atoms with Gasteiger partial charge in [-0.2, -0.15) is 0 Å². The Morgan fingerprint density at radius 2 is 1.47 bits per heavy atom. The van der Waals surface area contributed by atoms with Crippen molar-refractivity contribution in [1.29, 1.82) is 0 Å². The molecule has 0 radical (unpaired) electrons. The van der Waals surface area contributed by atoms with Crippen molar-refractivity contribution in [1.82, 2.24) is 0 Å². The van der Waals surface area contributed by atoms with Crippen LogP contribution in [0.1, 0.15) is 16.7 Å². The standard InChI is InChI=1S/C26H17F3O/c1-30-16-19-7-11-22(25(28)15-19)20-8-4-17(5-9-20)2-3-18-6-12-23-21(14-18)10-13-24(27)26(23)29/h4-15H,16H2,1H3. The van der Waals surface area contributed by atoms with Gasteiger partial charge in [-0.25, -0.2) is 13.2 Å². The molecule has 0 saturated carbocycles. The molecule has 1 nitrogen and oxygen atoms in total. The average Bonchev–Trinajstić information content (AvgIpc) is 2.76. The maximum Gasteiger partial charge on any atom is 0.166 e. The third kappa shape index (κ3) is 4.07. The van der Waals surface area contributed by atoms with Crippen LogP contribution in [-0.2, 0) is 11.3 Å². The summed E-state index contributed by atoms with van der Waals surface area (Å²) in [4.78, 5) is 0. The maximum absolute atomic E-state index is 14.4. The fraction of sp³-hybridized carbons (Fsp3) is 0.0769. The molecule has 0 N–H and O–H groups in total. The molecule has 4 heteroatoms. The summed E-state index contributed by atoms with van der Waals surface area (Å²) in [5.74, 6) is 4.04. The van der Waals surface area contributed by atoms with Crippen LogP contribution in [0.25, 0.3) is 21.9 Å². The van der Waals surface area contributed by atoms with Gasteiger partial charge in [-0.3, -0.25) is 0 Å². The lowest BCUT2D eigenvalue weighted by atomic mass is 10.0. The number of ether oxygens (including phenoxy) is 1. The van der Waals surface area contributed by atoms with E-state index in [1.165, 1.54) is 18.2 Å². The first-order valence-corrected chi connectivity index (χ1v) is 9.33. The third-order valence-electron chi connectivity index (χ3n) is 4.80. The van der Waals surface area contributed by atoms with Gasteiger partial charge < -0.3 is 4.74 Å². The van der Waals surface area contributed by atoms with Gasteiger partial charge in [0, 0.05) is 29.2 Å².